The molecule has 0 radical (unpaired) electrons. The fourth-order valence-corrected chi connectivity index (χ4v) is 6.78. The first-order valence-corrected chi connectivity index (χ1v) is 13.4. The van der Waals surface area contributed by atoms with Gasteiger partial charge in [0.25, 0.3) is 0 Å². The number of fused-ring (bicyclic) bond motifs is 2. The first-order valence-electron chi connectivity index (χ1n) is 13.4. The SMILES string of the molecule is O=C(Cc1ccc(O)cc1C1CCCCCC1)OCC1C2CCC1CN(Cc1ccccc1)C2. The van der Waals surface area contributed by atoms with Gasteiger partial charge in [0.2, 0.25) is 0 Å². The van der Waals surface area contributed by atoms with Gasteiger partial charge in [-0.3, -0.25) is 9.69 Å². The van der Waals surface area contributed by atoms with Gasteiger partial charge in [0.05, 0.1) is 13.0 Å². The second-order valence-corrected chi connectivity index (χ2v) is 10.9. The van der Waals surface area contributed by atoms with Crippen LogP contribution in [0.1, 0.15) is 74.0 Å². The predicted molar refractivity (Wildman–Crippen MR) is 135 cm³/mol. The third-order valence-corrected chi connectivity index (χ3v) is 8.55. The molecule has 2 unspecified atom stereocenters. The summed E-state index contributed by atoms with van der Waals surface area (Å²) in [7, 11) is 0. The highest BCUT2D eigenvalue weighted by Gasteiger charge is 2.42. The molecule has 1 heterocycles. The average Bonchev–Trinajstić information content (AvgIpc) is 3.03. The molecule has 34 heavy (non-hydrogen) atoms. The third kappa shape index (κ3) is 5.66. The number of hydrogen-bond donors (Lipinski definition) is 1. The molecule has 4 nitrogen and oxygen atoms in total. The molecule has 1 saturated heterocycles. The number of carbonyl (C=O) groups excluding carboxylic acids is 1. The van der Waals surface area contributed by atoms with Crippen LogP contribution >= 0.6 is 0 Å². The number of phenolic OH excluding ortho intramolecular Hbond substituents is 1. The first kappa shape index (κ1) is 23.4. The maximum absolute atomic E-state index is 12.9. The van der Waals surface area contributed by atoms with Gasteiger partial charge in [-0.25, -0.2) is 0 Å². The van der Waals surface area contributed by atoms with E-state index in [0.29, 0.717) is 42.4 Å². The number of ether oxygens (including phenoxy) is 1. The lowest BCUT2D eigenvalue weighted by Gasteiger charge is -2.37. The van der Waals surface area contributed by atoms with E-state index in [9.17, 15) is 9.90 Å². The summed E-state index contributed by atoms with van der Waals surface area (Å²) in [6.07, 6.45) is 10.2. The van der Waals surface area contributed by atoms with Gasteiger partial charge >= 0.3 is 5.97 Å². The highest BCUT2D eigenvalue weighted by molar-refractivity contribution is 5.73. The van der Waals surface area contributed by atoms with E-state index in [-0.39, 0.29) is 5.97 Å². The van der Waals surface area contributed by atoms with E-state index in [1.165, 1.54) is 44.1 Å². The lowest BCUT2D eigenvalue weighted by atomic mass is 9.85. The molecule has 2 aromatic rings. The smallest absolute Gasteiger partial charge is 0.310 e. The molecule has 0 spiro atoms. The molecule has 3 aliphatic rings. The molecule has 3 fully saturated rings. The molecule has 182 valence electrons. The number of piperidine rings is 1. The summed E-state index contributed by atoms with van der Waals surface area (Å²) in [5, 5.41) is 10.1. The Balaban J connectivity index is 1.16. The second-order valence-electron chi connectivity index (χ2n) is 10.9. The number of aromatic hydroxyl groups is 1. The van der Waals surface area contributed by atoms with Crippen molar-refractivity contribution in [1.29, 1.82) is 0 Å². The second kappa shape index (κ2) is 10.9. The van der Waals surface area contributed by atoms with Crippen molar-refractivity contribution in [3.63, 3.8) is 0 Å². The summed E-state index contributed by atoms with van der Waals surface area (Å²) in [6, 6.07) is 16.3. The normalized spacial score (nSPS) is 25.7. The maximum atomic E-state index is 12.9. The number of carbonyl (C=O) groups is 1. The molecule has 2 atom stereocenters. The molecule has 2 aromatic carbocycles. The number of nitrogens with zero attached hydrogens (tertiary/aromatic N) is 1. The van der Waals surface area contributed by atoms with Crippen LogP contribution in [0, 0.1) is 17.8 Å². The van der Waals surface area contributed by atoms with E-state index in [2.05, 4.69) is 35.2 Å². The van der Waals surface area contributed by atoms with E-state index >= 15 is 0 Å². The van der Waals surface area contributed by atoms with Crippen LogP contribution in [0.5, 0.6) is 5.75 Å². The number of benzene rings is 2. The Kier molecular flexibility index (Phi) is 7.54. The zero-order valence-corrected chi connectivity index (χ0v) is 20.3. The molecule has 0 aromatic heterocycles. The van der Waals surface area contributed by atoms with Crippen molar-refractivity contribution in [2.75, 3.05) is 19.7 Å². The van der Waals surface area contributed by atoms with Crippen molar-refractivity contribution in [3.05, 3.63) is 65.2 Å². The monoisotopic (exact) mass is 461 g/mol. The molecule has 2 saturated carbocycles. The molecular weight excluding hydrogens is 422 g/mol. The fraction of sp³-hybridized carbons (Fsp3) is 0.567. The van der Waals surface area contributed by atoms with Crippen LogP contribution in [0.15, 0.2) is 48.5 Å². The average molecular weight is 462 g/mol. The Bertz CT molecular complexity index is 937. The summed E-state index contributed by atoms with van der Waals surface area (Å²) >= 11 is 0. The summed E-state index contributed by atoms with van der Waals surface area (Å²) in [5.74, 6) is 2.39. The summed E-state index contributed by atoms with van der Waals surface area (Å²) in [4.78, 5) is 15.5. The van der Waals surface area contributed by atoms with Crippen LogP contribution in [-0.2, 0) is 22.5 Å². The molecular formula is C30H39NO3. The van der Waals surface area contributed by atoms with Crippen molar-refractivity contribution in [3.8, 4) is 5.75 Å². The van der Waals surface area contributed by atoms with E-state index in [1.807, 2.05) is 12.1 Å². The topological polar surface area (TPSA) is 49.8 Å². The predicted octanol–water partition coefficient (Wildman–Crippen LogP) is 6.07. The molecule has 1 aliphatic heterocycles. The minimum atomic E-state index is -0.119. The zero-order valence-electron chi connectivity index (χ0n) is 20.3. The Morgan fingerprint density at radius 2 is 1.62 bits per heavy atom. The van der Waals surface area contributed by atoms with Gasteiger partial charge < -0.3 is 9.84 Å². The van der Waals surface area contributed by atoms with Gasteiger partial charge in [-0.15, -0.1) is 0 Å². The Hall–Kier alpha value is -2.33. The number of likely N-dealkylation sites (tertiary alicyclic amines) is 1. The molecule has 2 aliphatic carbocycles. The first-order chi connectivity index (χ1) is 16.7. The number of hydrogen-bond acceptors (Lipinski definition) is 4. The van der Waals surface area contributed by atoms with Gasteiger partial charge in [0.1, 0.15) is 5.75 Å². The van der Waals surface area contributed by atoms with E-state index < -0.39 is 0 Å². The standard InChI is InChI=1S/C30H39NO3/c32-27-15-14-24(28(17-27)23-10-6-1-2-7-11-23)16-30(33)34-21-29-25-12-13-26(29)20-31(19-25)18-22-8-4-3-5-9-22/h3-5,8-9,14-15,17,23,25-26,29,32H,1-2,6-7,10-13,16,18-21H2. The van der Waals surface area contributed by atoms with Gasteiger partial charge in [-0.2, -0.15) is 0 Å². The lowest BCUT2D eigenvalue weighted by molar-refractivity contribution is -0.145. The van der Waals surface area contributed by atoms with Gasteiger partial charge in [-0.1, -0.05) is 62.1 Å². The number of phenols is 1. The van der Waals surface area contributed by atoms with Crippen molar-refractivity contribution in [2.45, 2.75) is 70.3 Å². The van der Waals surface area contributed by atoms with Crippen LogP contribution in [-0.4, -0.2) is 35.7 Å². The van der Waals surface area contributed by atoms with Gasteiger partial charge in [0, 0.05) is 25.6 Å². The minimum absolute atomic E-state index is 0.119. The van der Waals surface area contributed by atoms with Crippen molar-refractivity contribution in [2.24, 2.45) is 17.8 Å². The van der Waals surface area contributed by atoms with Crippen LogP contribution in [0.25, 0.3) is 0 Å². The zero-order chi connectivity index (χ0) is 23.3. The quantitative estimate of drug-likeness (QED) is 0.401. The molecule has 5 rings (SSSR count). The van der Waals surface area contributed by atoms with Crippen LogP contribution in [0.3, 0.4) is 0 Å². The Morgan fingerprint density at radius 1 is 0.912 bits per heavy atom. The van der Waals surface area contributed by atoms with E-state index in [0.717, 1.165) is 43.6 Å². The molecule has 1 N–H and O–H groups in total. The summed E-state index contributed by atoms with van der Waals surface area (Å²) in [5.41, 5.74) is 3.58. The number of rotatable bonds is 7. The van der Waals surface area contributed by atoms with Gasteiger partial charge in [0.15, 0.2) is 0 Å². The number of esters is 1. The highest BCUT2D eigenvalue weighted by atomic mass is 16.5. The van der Waals surface area contributed by atoms with Crippen LogP contribution in [0.2, 0.25) is 0 Å². The maximum Gasteiger partial charge on any atom is 0.310 e. The molecule has 4 heteroatoms. The van der Waals surface area contributed by atoms with Crippen molar-refractivity contribution < 1.29 is 14.6 Å². The Morgan fingerprint density at radius 3 is 2.32 bits per heavy atom. The summed E-state index contributed by atoms with van der Waals surface area (Å²) in [6.45, 7) is 3.80. The summed E-state index contributed by atoms with van der Waals surface area (Å²) < 4.78 is 5.90. The van der Waals surface area contributed by atoms with Crippen molar-refractivity contribution in [1.82, 2.24) is 4.90 Å². The Labute approximate surface area is 204 Å². The fourth-order valence-electron chi connectivity index (χ4n) is 6.78. The van der Waals surface area contributed by atoms with Crippen LogP contribution < -0.4 is 0 Å². The lowest BCUT2D eigenvalue weighted by Crippen LogP contribution is -2.43. The van der Waals surface area contributed by atoms with Crippen LogP contribution in [0.4, 0.5) is 0 Å². The van der Waals surface area contributed by atoms with Crippen molar-refractivity contribution >= 4 is 5.97 Å². The molecule has 2 bridgehead atoms. The minimum Gasteiger partial charge on any atom is -0.508 e. The third-order valence-electron chi connectivity index (χ3n) is 8.55. The largest absolute Gasteiger partial charge is 0.508 e. The highest BCUT2D eigenvalue weighted by Crippen LogP contribution is 2.42. The van der Waals surface area contributed by atoms with Gasteiger partial charge in [-0.05, 0) is 72.3 Å². The molecule has 0 amide bonds. The van der Waals surface area contributed by atoms with E-state index in [4.69, 9.17) is 4.74 Å². The van der Waals surface area contributed by atoms with E-state index in [1.54, 1.807) is 6.07 Å².